The van der Waals surface area contributed by atoms with E-state index in [4.69, 9.17) is 11.6 Å². The van der Waals surface area contributed by atoms with E-state index in [-0.39, 0.29) is 11.1 Å². The molecule has 21 heavy (non-hydrogen) atoms. The fourth-order valence-electron chi connectivity index (χ4n) is 3.25. The SMILES string of the molecule is CCCNC(c1cc(F)c(Cl)cc1F)C1CCCCCC1. The fourth-order valence-corrected chi connectivity index (χ4v) is 3.40. The summed E-state index contributed by atoms with van der Waals surface area (Å²) in [6.07, 6.45) is 7.96. The van der Waals surface area contributed by atoms with E-state index in [1.165, 1.54) is 31.7 Å². The lowest BCUT2D eigenvalue weighted by atomic mass is 9.86. The lowest BCUT2D eigenvalue weighted by Crippen LogP contribution is -2.30. The van der Waals surface area contributed by atoms with Crippen molar-refractivity contribution in [1.29, 1.82) is 0 Å². The molecule has 0 bridgehead atoms. The van der Waals surface area contributed by atoms with E-state index in [2.05, 4.69) is 12.2 Å². The smallest absolute Gasteiger partial charge is 0.142 e. The first-order valence-corrected chi connectivity index (χ1v) is 8.39. The molecule has 0 radical (unpaired) electrons. The molecule has 1 aromatic rings. The van der Waals surface area contributed by atoms with Crippen molar-refractivity contribution in [2.45, 2.75) is 57.9 Å². The second-order valence-corrected chi connectivity index (χ2v) is 6.38. The molecule has 0 aliphatic heterocycles. The maximum absolute atomic E-state index is 14.3. The van der Waals surface area contributed by atoms with Crippen LogP contribution < -0.4 is 5.32 Å². The van der Waals surface area contributed by atoms with Crippen LogP contribution in [0.1, 0.15) is 63.5 Å². The number of benzene rings is 1. The molecule has 1 N–H and O–H groups in total. The van der Waals surface area contributed by atoms with E-state index < -0.39 is 11.6 Å². The molecule has 118 valence electrons. The minimum Gasteiger partial charge on any atom is -0.310 e. The first-order valence-electron chi connectivity index (χ1n) is 8.01. The Labute approximate surface area is 131 Å². The average Bonchev–Trinajstić information content (AvgIpc) is 2.74. The summed E-state index contributed by atoms with van der Waals surface area (Å²) in [6, 6.07) is 2.26. The van der Waals surface area contributed by atoms with Crippen molar-refractivity contribution < 1.29 is 8.78 Å². The van der Waals surface area contributed by atoms with Crippen molar-refractivity contribution in [3.8, 4) is 0 Å². The minimum atomic E-state index is -0.537. The molecule has 1 fully saturated rings. The van der Waals surface area contributed by atoms with Crippen LogP contribution in [0.25, 0.3) is 0 Å². The monoisotopic (exact) mass is 315 g/mol. The molecule has 0 spiro atoms. The molecule has 1 saturated carbocycles. The highest BCUT2D eigenvalue weighted by molar-refractivity contribution is 6.30. The average molecular weight is 316 g/mol. The zero-order valence-electron chi connectivity index (χ0n) is 12.6. The Bertz CT molecular complexity index is 456. The largest absolute Gasteiger partial charge is 0.310 e. The van der Waals surface area contributed by atoms with Gasteiger partial charge in [0.05, 0.1) is 5.02 Å². The molecular formula is C17H24ClF2N. The molecule has 1 nitrogen and oxygen atoms in total. The topological polar surface area (TPSA) is 12.0 Å². The lowest BCUT2D eigenvalue weighted by molar-refractivity contribution is 0.317. The zero-order chi connectivity index (χ0) is 15.2. The van der Waals surface area contributed by atoms with Crippen molar-refractivity contribution in [2.75, 3.05) is 6.54 Å². The molecule has 0 amide bonds. The van der Waals surface area contributed by atoms with Crippen molar-refractivity contribution in [2.24, 2.45) is 5.92 Å². The Hall–Kier alpha value is -0.670. The van der Waals surface area contributed by atoms with Crippen molar-refractivity contribution in [3.05, 3.63) is 34.4 Å². The molecule has 1 unspecified atom stereocenters. The van der Waals surface area contributed by atoms with Crippen LogP contribution in [0, 0.1) is 17.6 Å². The van der Waals surface area contributed by atoms with Gasteiger partial charge in [-0.1, -0.05) is 44.2 Å². The molecule has 1 atom stereocenters. The van der Waals surface area contributed by atoms with Gasteiger partial charge in [0.15, 0.2) is 0 Å². The van der Waals surface area contributed by atoms with Crippen LogP contribution in [0.5, 0.6) is 0 Å². The van der Waals surface area contributed by atoms with E-state index in [0.717, 1.165) is 31.9 Å². The highest BCUT2D eigenvalue weighted by Gasteiger charge is 2.27. The molecule has 4 heteroatoms. The number of hydrogen-bond acceptors (Lipinski definition) is 1. The Morgan fingerprint density at radius 3 is 2.43 bits per heavy atom. The van der Waals surface area contributed by atoms with Crippen molar-refractivity contribution in [1.82, 2.24) is 5.32 Å². The van der Waals surface area contributed by atoms with Gasteiger partial charge in [0, 0.05) is 11.6 Å². The van der Waals surface area contributed by atoms with Crippen LogP contribution in [0.15, 0.2) is 12.1 Å². The number of halogens is 3. The summed E-state index contributed by atoms with van der Waals surface area (Å²) < 4.78 is 28.0. The summed E-state index contributed by atoms with van der Waals surface area (Å²) in [7, 11) is 0. The summed E-state index contributed by atoms with van der Waals surface area (Å²) >= 11 is 5.67. The first kappa shape index (κ1) is 16.7. The molecule has 2 rings (SSSR count). The van der Waals surface area contributed by atoms with Gasteiger partial charge in [0.25, 0.3) is 0 Å². The number of rotatable bonds is 5. The fraction of sp³-hybridized carbons (Fsp3) is 0.647. The van der Waals surface area contributed by atoms with Gasteiger partial charge in [-0.25, -0.2) is 8.78 Å². The molecule has 0 aromatic heterocycles. The molecular weight excluding hydrogens is 292 g/mol. The molecule has 0 saturated heterocycles. The Morgan fingerprint density at radius 1 is 1.14 bits per heavy atom. The number of hydrogen-bond donors (Lipinski definition) is 1. The van der Waals surface area contributed by atoms with Gasteiger partial charge in [0.1, 0.15) is 11.6 Å². The maximum atomic E-state index is 14.3. The third-order valence-corrected chi connectivity index (χ3v) is 4.65. The zero-order valence-corrected chi connectivity index (χ0v) is 13.4. The van der Waals surface area contributed by atoms with Gasteiger partial charge in [-0.2, -0.15) is 0 Å². The van der Waals surface area contributed by atoms with Gasteiger partial charge in [-0.15, -0.1) is 0 Å². The molecule has 1 aromatic carbocycles. The summed E-state index contributed by atoms with van der Waals surface area (Å²) in [4.78, 5) is 0. The van der Waals surface area contributed by atoms with E-state index in [9.17, 15) is 8.78 Å². The van der Waals surface area contributed by atoms with E-state index in [1.807, 2.05) is 0 Å². The Kier molecular flexibility index (Phi) is 6.43. The third kappa shape index (κ3) is 4.40. The van der Waals surface area contributed by atoms with Crippen molar-refractivity contribution >= 4 is 11.6 Å². The molecule has 0 heterocycles. The van der Waals surface area contributed by atoms with E-state index in [0.29, 0.717) is 11.5 Å². The highest BCUT2D eigenvalue weighted by Crippen LogP contribution is 2.35. The van der Waals surface area contributed by atoms with Gasteiger partial charge in [-0.05, 0) is 43.9 Å². The number of nitrogens with one attached hydrogen (secondary N) is 1. The van der Waals surface area contributed by atoms with Crippen LogP contribution in [0.3, 0.4) is 0 Å². The van der Waals surface area contributed by atoms with Crippen LogP contribution in [0.4, 0.5) is 8.78 Å². The van der Waals surface area contributed by atoms with Crippen molar-refractivity contribution in [3.63, 3.8) is 0 Å². The summed E-state index contributed by atoms with van der Waals surface area (Å²) in [5.41, 5.74) is 0.428. The maximum Gasteiger partial charge on any atom is 0.142 e. The van der Waals surface area contributed by atoms with Gasteiger partial charge in [-0.3, -0.25) is 0 Å². The Balaban J connectivity index is 2.27. The predicted octanol–water partition coefficient (Wildman–Crippen LogP) is 5.63. The molecule has 1 aliphatic rings. The molecule has 1 aliphatic carbocycles. The van der Waals surface area contributed by atoms with Crippen LogP contribution in [0.2, 0.25) is 5.02 Å². The standard InChI is InChI=1S/C17H24ClF2N/c1-2-9-21-17(12-7-5-3-4-6-8-12)13-10-16(20)14(18)11-15(13)19/h10-12,17,21H,2-9H2,1H3. The highest BCUT2D eigenvalue weighted by atomic mass is 35.5. The van der Waals surface area contributed by atoms with Gasteiger partial charge in [0.2, 0.25) is 0 Å². The second-order valence-electron chi connectivity index (χ2n) is 5.97. The summed E-state index contributed by atoms with van der Waals surface area (Å²) in [6.45, 7) is 2.89. The second kappa shape index (κ2) is 8.09. The summed E-state index contributed by atoms with van der Waals surface area (Å²) in [5, 5.41) is 3.27. The van der Waals surface area contributed by atoms with Crippen LogP contribution in [-0.4, -0.2) is 6.54 Å². The lowest BCUT2D eigenvalue weighted by Gasteiger charge is -2.28. The van der Waals surface area contributed by atoms with Gasteiger partial charge >= 0.3 is 0 Å². The minimum absolute atomic E-state index is 0.116. The Morgan fingerprint density at radius 2 is 1.81 bits per heavy atom. The first-order chi connectivity index (χ1) is 10.1. The van der Waals surface area contributed by atoms with E-state index in [1.54, 1.807) is 0 Å². The van der Waals surface area contributed by atoms with Gasteiger partial charge < -0.3 is 5.32 Å². The normalized spacial score (nSPS) is 18.5. The van der Waals surface area contributed by atoms with Crippen LogP contribution >= 0.6 is 11.6 Å². The van der Waals surface area contributed by atoms with E-state index >= 15 is 0 Å². The quantitative estimate of drug-likeness (QED) is 0.548. The third-order valence-electron chi connectivity index (χ3n) is 4.36. The predicted molar refractivity (Wildman–Crippen MR) is 83.6 cm³/mol. The summed E-state index contributed by atoms with van der Waals surface area (Å²) in [5.74, 6) is -0.571. The van der Waals surface area contributed by atoms with Crippen LogP contribution in [-0.2, 0) is 0 Å².